The van der Waals surface area contributed by atoms with E-state index in [9.17, 15) is 13.2 Å². The van der Waals surface area contributed by atoms with Gasteiger partial charge in [0.15, 0.2) is 0 Å². The van der Waals surface area contributed by atoms with Gasteiger partial charge in [-0.25, -0.2) is 13.4 Å². The van der Waals surface area contributed by atoms with Crippen molar-refractivity contribution in [1.29, 1.82) is 5.26 Å². The molecule has 1 aliphatic heterocycles. The molecule has 0 N–H and O–H groups in total. The molecule has 0 radical (unpaired) electrons. The van der Waals surface area contributed by atoms with E-state index >= 15 is 0 Å². The van der Waals surface area contributed by atoms with Crippen LogP contribution < -0.4 is 0 Å². The van der Waals surface area contributed by atoms with Gasteiger partial charge in [-0.15, -0.1) is 11.3 Å². The molecule has 0 bridgehead atoms. The molecule has 4 rings (SSSR count). The van der Waals surface area contributed by atoms with Gasteiger partial charge in [-0.1, -0.05) is 23.7 Å². The molecule has 0 saturated carbocycles. The summed E-state index contributed by atoms with van der Waals surface area (Å²) in [6, 6.07) is 15.0. The first-order valence-electron chi connectivity index (χ1n) is 9.39. The summed E-state index contributed by atoms with van der Waals surface area (Å²) in [5.74, 6) is -0.216. The number of nitrogens with zero attached hydrogens (tertiary/aromatic N) is 4. The van der Waals surface area contributed by atoms with Crippen LogP contribution in [0.25, 0.3) is 10.6 Å². The van der Waals surface area contributed by atoms with Crippen molar-refractivity contribution in [2.75, 3.05) is 26.2 Å². The van der Waals surface area contributed by atoms with E-state index in [0.717, 1.165) is 10.6 Å². The molecule has 1 amide bonds. The van der Waals surface area contributed by atoms with Gasteiger partial charge >= 0.3 is 0 Å². The van der Waals surface area contributed by atoms with Crippen LogP contribution in [-0.4, -0.2) is 54.7 Å². The van der Waals surface area contributed by atoms with Crippen LogP contribution in [0.15, 0.2) is 58.8 Å². The maximum absolute atomic E-state index is 12.8. The molecule has 31 heavy (non-hydrogen) atoms. The second kappa shape index (κ2) is 8.77. The van der Waals surface area contributed by atoms with E-state index in [2.05, 4.69) is 4.98 Å². The average Bonchev–Trinajstić information content (AvgIpc) is 3.29. The molecule has 10 heteroatoms. The molecule has 0 aliphatic carbocycles. The summed E-state index contributed by atoms with van der Waals surface area (Å²) in [7, 11) is -3.67. The fourth-order valence-corrected chi connectivity index (χ4v) is 5.59. The Hall–Kier alpha value is -2.77. The summed E-state index contributed by atoms with van der Waals surface area (Å²) in [5.41, 5.74) is 1.63. The van der Waals surface area contributed by atoms with Gasteiger partial charge in [0, 0.05) is 42.1 Å². The van der Waals surface area contributed by atoms with Gasteiger partial charge < -0.3 is 4.90 Å². The molecular formula is C21H17ClN4O3S2. The number of amides is 1. The van der Waals surface area contributed by atoms with Crippen LogP contribution in [0.2, 0.25) is 5.02 Å². The summed E-state index contributed by atoms with van der Waals surface area (Å²) in [6.45, 7) is 0.953. The third-order valence-corrected chi connectivity index (χ3v) is 8.02. The molecule has 0 atom stereocenters. The summed E-state index contributed by atoms with van der Waals surface area (Å²) < 4.78 is 27.0. The second-order valence-electron chi connectivity index (χ2n) is 6.88. The highest BCUT2D eigenvalue weighted by Gasteiger charge is 2.31. The van der Waals surface area contributed by atoms with Gasteiger partial charge in [-0.05, 0) is 36.4 Å². The van der Waals surface area contributed by atoms with Crippen molar-refractivity contribution in [3.8, 4) is 16.6 Å². The van der Waals surface area contributed by atoms with Crippen molar-refractivity contribution in [3.05, 3.63) is 70.2 Å². The quantitative estimate of drug-likeness (QED) is 0.579. The fourth-order valence-electron chi connectivity index (χ4n) is 3.24. The number of carbonyl (C=O) groups is 1. The first-order chi connectivity index (χ1) is 14.9. The number of carbonyl (C=O) groups excluding carboxylic acids is 1. The van der Waals surface area contributed by atoms with Crippen molar-refractivity contribution in [2.24, 2.45) is 0 Å². The number of nitriles is 1. The molecule has 2 heterocycles. The zero-order valence-corrected chi connectivity index (χ0v) is 18.6. The zero-order chi connectivity index (χ0) is 22.0. The van der Waals surface area contributed by atoms with Crippen molar-refractivity contribution < 1.29 is 13.2 Å². The number of halogens is 1. The SMILES string of the molecule is N#Cc1ccc(S(=O)(=O)N2CCN(C(=O)c3csc(-c4ccc(Cl)cc4)n3)CC2)cc1. The first-order valence-corrected chi connectivity index (χ1v) is 12.1. The Morgan fingerprint density at radius 1 is 1.03 bits per heavy atom. The van der Waals surface area contributed by atoms with E-state index in [4.69, 9.17) is 16.9 Å². The monoisotopic (exact) mass is 472 g/mol. The Morgan fingerprint density at radius 3 is 2.29 bits per heavy atom. The van der Waals surface area contributed by atoms with E-state index < -0.39 is 10.0 Å². The largest absolute Gasteiger partial charge is 0.335 e. The molecule has 7 nitrogen and oxygen atoms in total. The predicted octanol–water partition coefficient (Wildman–Crippen LogP) is 3.48. The number of benzene rings is 2. The van der Waals surface area contributed by atoms with Gasteiger partial charge in [-0.3, -0.25) is 4.79 Å². The summed E-state index contributed by atoms with van der Waals surface area (Å²) in [4.78, 5) is 19.0. The average molecular weight is 473 g/mol. The number of piperazine rings is 1. The molecule has 2 aromatic carbocycles. The number of thiazole rings is 1. The van der Waals surface area contributed by atoms with Crippen LogP contribution in [0.4, 0.5) is 0 Å². The lowest BCUT2D eigenvalue weighted by atomic mass is 10.2. The van der Waals surface area contributed by atoms with Gasteiger partial charge in [0.2, 0.25) is 10.0 Å². The van der Waals surface area contributed by atoms with Gasteiger partial charge in [0.05, 0.1) is 16.5 Å². The Kier molecular flexibility index (Phi) is 6.07. The highest BCUT2D eigenvalue weighted by Crippen LogP contribution is 2.26. The topological polar surface area (TPSA) is 94.4 Å². The Labute approximate surface area is 189 Å². The lowest BCUT2D eigenvalue weighted by Crippen LogP contribution is -2.50. The number of aromatic nitrogens is 1. The Balaban J connectivity index is 1.42. The molecule has 1 saturated heterocycles. The minimum absolute atomic E-state index is 0.137. The first kappa shape index (κ1) is 21.5. The van der Waals surface area contributed by atoms with E-state index in [1.54, 1.807) is 22.4 Å². The van der Waals surface area contributed by atoms with E-state index in [1.165, 1.54) is 39.9 Å². The summed E-state index contributed by atoms with van der Waals surface area (Å²) >= 11 is 7.29. The van der Waals surface area contributed by atoms with E-state index in [-0.39, 0.29) is 37.0 Å². The maximum Gasteiger partial charge on any atom is 0.273 e. The summed E-state index contributed by atoms with van der Waals surface area (Å²) in [6.07, 6.45) is 0. The van der Waals surface area contributed by atoms with E-state index in [1.807, 2.05) is 18.2 Å². The third kappa shape index (κ3) is 4.48. The summed E-state index contributed by atoms with van der Waals surface area (Å²) in [5, 5.41) is 11.9. The van der Waals surface area contributed by atoms with Crippen LogP contribution in [0.1, 0.15) is 16.1 Å². The standard InChI is InChI=1S/C21H17ClN4O3S2/c22-17-5-3-16(4-6-17)20-24-19(14-30-20)21(27)25-9-11-26(12-10-25)31(28,29)18-7-1-15(13-23)2-8-18/h1-8,14H,9-12H2. The van der Waals surface area contributed by atoms with Gasteiger partial charge in [0.1, 0.15) is 10.7 Å². The maximum atomic E-state index is 12.8. The highest BCUT2D eigenvalue weighted by atomic mass is 35.5. The molecular weight excluding hydrogens is 456 g/mol. The van der Waals surface area contributed by atoms with E-state index in [0.29, 0.717) is 16.3 Å². The van der Waals surface area contributed by atoms with Gasteiger partial charge in [0.25, 0.3) is 5.91 Å². The molecule has 0 unspecified atom stereocenters. The smallest absolute Gasteiger partial charge is 0.273 e. The normalized spacial score (nSPS) is 14.9. The van der Waals surface area contributed by atoms with Crippen molar-refractivity contribution >= 4 is 38.9 Å². The van der Waals surface area contributed by atoms with Gasteiger partial charge in [-0.2, -0.15) is 9.57 Å². The van der Waals surface area contributed by atoms with Crippen LogP contribution in [-0.2, 0) is 10.0 Å². The molecule has 0 spiro atoms. The fraction of sp³-hybridized carbons (Fsp3) is 0.190. The minimum Gasteiger partial charge on any atom is -0.335 e. The minimum atomic E-state index is -3.67. The number of sulfonamides is 1. The number of rotatable bonds is 4. The van der Waals surface area contributed by atoms with Crippen LogP contribution in [0.3, 0.4) is 0 Å². The van der Waals surface area contributed by atoms with Crippen molar-refractivity contribution in [2.45, 2.75) is 4.90 Å². The Morgan fingerprint density at radius 2 is 1.68 bits per heavy atom. The molecule has 158 valence electrons. The molecule has 1 aliphatic rings. The van der Waals surface area contributed by atoms with Crippen LogP contribution in [0.5, 0.6) is 0 Å². The molecule has 1 fully saturated rings. The van der Waals surface area contributed by atoms with Crippen LogP contribution in [0, 0.1) is 11.3 Å². The molecule has 1 aromatic heterocycles. The lowest BCUT2D eigenvalue weighted by Gasteiger charge is -2.33. The van der Waals surface area contributed by atoms with Crippen LogP contribution >= 0.6 is 22.9 Å². The zero-order valence-electron chi connectivity index (χ0n) is 16.2. The lowest BCUT2D eigenvalue weighted by molar-refractivity contribution is 0.0693. The highest BCUT2D eigenvalue weighted by molar-refractivity contribution is 7.89. The number of hydrogen-bond donors (Lipinski definition) is 0. The predicted molar refractivity (Wildman–Crippen MR) is 118 cm³/mol. The molecule has 3 aromatic rings. The number of hydrogen-bond acceptors (Lipinski definition) is 6. The second-order valence-corrected chi connectivity index (χ2v) is 10.1. The third-order valence-electron chi connectivity index (χ3n) is 4.96. The van der Waals surface area contributed by atoms with Crippen molar-refractivity contribution in [3.63, 3.8) is 0 Å². The van der Waals surface area contributed by atoms with Crippen molar-refractivity contribution in [1.82, 2.24) is 14.2 Å². The Bertz CT molecular complexity index is 1240.